The summed E-state index contributed by atoms with van der Waals surface area (Å²) in [4.78, 5) is 12.3. The Kier molecular flexibility index (Phi) is 4.35. The second kappa shape index (κ2) is 5.83. The Labute approximate surface area is 119 Å². The van der Waals surface area contributed by atoms with Crippen LogP contribution in [0.5, 0.6) is 0 Å². The molecule has 0 saturated heterocycles. The van der Waals surface area contributed by atoms with Crippen molar-refractivity contribution in [2.45, 2.75) is 39.2 Å². The Bertz CT molecular complexity index is 475. The van der Waals surface area contributed by atoms with Gasteiger partial charge in [-0.15, -0.1) is 0 Å². The van der Waals surface area contributed by atoms with Gasteiger partial charge in [-0.1, -0.05) is 25.4 Å². The van der Waals surface area contributed by atoms with Gasteiger partial charge in [-0.25, -0.2) is 0 Å². The maximum atomic E-state index is 12.3. The highest BCUT2D eigenvalue weighted by molar-refractivity contribution is 6.31. The van der Waals surface area contributed by atoms with Crippen LogP contribution in [0.3, 0.4) is 0 Å². The quantitative estimate of drug-likeness (QED) is 0.815. The first-order valence-corrected chi connectivity index (χ1v) is 7.21. The third kappa shape index (κ3) is 3.41. The molecule has 0 aromatic heterocycles. The molecule has 1 fully saturated rings. The molecule has 1 aromatic rings. The number of nitrogen functional groups attached to an aromatic ring is 1. The van der Waals surface area contributed by atoms with Gasteiger partial charge in [0.05, 0.1) is 5.56 Å². The van der Waals surface area contributed by atoms with Crippen molar-refractivity contribution in [1.29, 1.82) is 0 Å². The van der Waals surface area contributed by atoms with Crippen molar-refractivity contribution in [3.63, 3.8) is 0 Å². The molecule has 104 valence electrons. The van der Waals surface area contributed by atoms with Crippen LogP contribution in [0.25, 0.3) is 0 Å². The fourth-order valence-electron chi connectivity index (χ4n) is 2.85. The van der Waals surface area contributed by atoms with Crippen molar-refractivity contribution in [2.24, 2.45) is 11.8 Å². The molecular weight excluding hydrogens is 260 g/mol. The number of anilines is 1. The number of carbonyl (C=O) groups is 1. The first kappa shape index (κ1) is 14.2. The lowest BCUT2D eigenvalue weighted by molar-refractivity contribution is 0.0900. The van der Waals surface area contributed by atoms with E-state index in [9.17, 15) is 4.79 Å². The van der Waals surface area contributed by atoms with Gasteiger partial charge < -0.3 is 11.1 Å². The van der Waals surface area contributed by atoms with E-state index in [0.29, 0.717) is 22.2 Å². The van der Waals surface area contributed by atoms with Gasteiger partial charge in [0.25, 0.3) is 5.91 Å². The van der Waals surface area contributed by atoms with Gasteiger partial charge in [-0.2, -0.15) is 0 Å². The molecule has 1 aliphatic rings. The van der Waals surface area contributed by atoms with Crippen molar-refractivity contribution >= 4 is 23.2 Å². The van der Waals surface area contributed by atoms with Gasteiger partial charge in [-0.05, 0) is 49.3 Å². The highest BCUT2D eigenvalue weighted by atomic mass is 35.5. The van der Waals surface area contributed by atoms with E-state index in [1.165, 1.54) is 6.42 Å². The van der Waals surface area contributed by atoms with Crippen molar-refractivity contribution in [3.8, 4) is 0 Å². The second-order valence-corrected chi connectivity index (χ2v) is 6.14. The van der Waals surface area contributed by atoms with Gasteiger partial charge in [0.1, 0.15) is 0 Å². The number of hydrogen-bond donors (Lipinski definition) is 2. The minimum absolute atomic E-state index is 0.119. The number of nitrogens with one attached hydrogen (secondary N) is 1. The molecule has 1 aromatic carbocycles. The van der Waals surface area contributed by atoms with Crippen LogP contribution in [0.15, 0.2) is 18.2 Å². The molecular formula is C15H21ClN2O. The molecule has 0 bridgehead atoms. The zero-order valence-corrected chi connectivity index (χ0v) is 12.2. The van der Waals surface area contributed by atoms with Gasteiger partial charge in [0, 0.05) is 16.8 Å². The lowest BCUT2D eigenvalue weighted by atomic mass is 9.80. The Balaban J connectivity index is 2.06. The van der Waals surface area contributed by atoms with E-state index >= 15 is 0 Å². The summed E-state index contributed by atoms with van der Waals surface area (Å²) in [6.07, 6.45) is 3.37. The largest absolute Gasteiger partial charge is 0.398 e. The molecule has 0 spiro atoms. The molecule has 1 saturated carbocycles. The smallest absolute Gasteiger partial charge is 0.253 e. The SMILES string of the molecule is CC1CCC(NC(=O)c2cc(Cl)ccc2N)C(C)C1. The Morgan fingerprint density at radius 1 is 1.37 bits per heavy atom. The number of benzene rings is 1. The first-order valence-electron chi connectivity index (χ1n) is 6.83. The summed E-state index contributed by atoms with van der Waals surface area (Å²) in [6.45, 7) is 4.46. The van der Waals surface area contributed by atoms with E-state index < -0.39 is 0 Å². The molecule has 1 amide bonds. The number of nitrogens with two attached hydrogens (primary N) is 1. The van der Waals surface area contributed by atoms with E-state index in [-0.39, 0.29) is 11.9 Å². The van der Waals surface area contributed by atoms with E-state index in [4.69, 9.17) is 17.3 Å². The summed E-state index contributed by atoms with van der Waals surface area (Å²) < 4.78 is 0. The van der Waals surface area contributed by atoms with Crippen LogP contribution in [-0.4, -0.2) is 11.9 Å². The lowest BCUT2D eigenvalue weighted by Crippen LogP contribution is -2.42. The molecule has 3 unspecified atom stereocenters. The van der Waals surface area contributed by atoms with E-state index in [1.54, 1.807) is 18.2 Å². The fourth-order valence-corrected chi connectivity index (χ4v) is 3.02. The highest BCUT2D eigenvalue weighted by Gasteiger charge is 2.27. The van der Waals surface area contributed by atoms with Crippen LogP contribution in [0, 0.1) is 11.8 Å². The highest BCUT2D eigenvalue weighted by Crippen LogP contribution is 2.29. The second-order valence-electron chi connectivity index (χ2n) is 5.71. The van der Waals surface area contributed by atoms with Crippen molar-refractivity contribution in [1.82, 2.24) is 5.32 Å². The Morgan fingerprint density at radius 3 is 2.79 bits per heavy atom. The van der Waals surface area contributed by atoms with Crippen molar-refractivity contribution in [3.05, 3.63) is 28.8 Å². The molecule has 3 nitrogen and oxygen atoms in total. The topological polar surface area (TPSA) is 55.1 Å². The molecule has 0 heterocycles. The molecule has 19 heavy (non-hydrogen) atoms. The van der Waals surface area contributed by atoms with Crippen molar-refractivity contribution < 1.29 is 4.79 Å². The zero-order valence-electron chi connectivity index (χ0n) is 11.4. The Morgan fingerprint density at radius 2 is 2.11 bits per heavy atom. The van der Waals surface area contributed by atoms with Crippen LogP contribution in [0.2, 0.25) is 5.02 Å². The van der Waals surface area contributed by atoms with E-state index in [2.05, 4.69) is 19.2 Å². The van der Waals surface area contributed by atoms with Gasteiger partial charge >= 0.3 is 0 Å². The molecule has 1 aliphatic carbocycles. The molecule has 0 aliphatic heterocycles. The van der Waals surface area contributed by atoms with Crippen LogP contribution < -0.4 is 11.1 Å². The number of hydrogen-bond acceptors (Lipinski definition) is 2. The van der Waals surface area contributed by atoms with Crippen molar-refractivity contribution in [2.75, 3.05) is 5.73 Å². The van der Waals surface area contributed by atoms with E-state index in [0.717, 1.165) is 18.8 Å². The number of amides is 1. The molecule has 3 N–H and O–H groups in total. The van der Waals surface area contributed by atoms with Crippen LogP contribution in [-0.2, 0) is 0 Å². The summed E-state index contributed by atoms with van der Waals surface area (Å²) in [5, 5.41) is 3.63. The summed E-state index contributed by atoms with van der Waals surface area (Å²) >= 11 is 5.92. The van der Waals surface area contributed by atoms with Gasteiger partial charge in [-0.3, -0.25) is 4.79 Å². The zero-order chi connectivity index (χ0) is 14.0. The first-order chi connectivity index (χ1) is 8.97. The third-order valence-electron chi connectivity index (χ3n) is 4.01. The summed E-state index contributed by atoms with van der Waals surface area (Å²) in [5.41, 5.74) is 6.77. The predicted molar refractivity (Wildman–Crippen MR) is 79.3 cm³/mol. The number of halogens is 1. The minimum atomic E-state index is -0.119. The predicted octanol–water partition coefficient (Wildman–Crippen LogP) is 3.48. The van der Waals surface area contributed by atoms with Gasteiger partial charge in [0.15, 0.2) is 0 Å². The Hall–Kier alpha value is -1.22. The maximum Gasteiger partial charge on any atom is 0.253 e. The average molecular weight is 281 g/mol. The lowest BCUT2D eigenvalue weighted by Gasteiger charge is -2.33. The normalized spacial score (nSPS) is 27.0. The molecule has 4 heteroatoms. The molecule has 3 atom stereocenters. The summed E-state index contributed by atoms with van der Waals surface area (Å²) in [5.74, 6) is 1.14. The van der Waals surface area contributed by atoms with E-state index in [1.807, 2.05) is 0 Å². The maximum absolute atomic E-state index is 12.3. The monoisotopic (exact) mass is 280 g/mol. The van der Waals surface area contributed by atoms with Crippen LogP contribution in [0.4, 0.5) is 5.69 Å². The standard InChI is InChI=1S/C15H21ClN2O/c1-9-3-6-14(10(2)7-9)18-15(19)12-8-11(16)4-5-13(12)17/h4-5,8-10,14H,3,6-7,17H2,1-2H3,(H,18,19). The minimum Gasteiger partial charge on any atom is -0.398 e. The van der Waals surface area contributed by atoms with Gasteiger partial charge in [0.2, 0.25) is 0 Å². The number of carbonyl (C=O) groups excluding carboxylic acids is 1. The molecule has 2 rings (SSSR count). The molecule has 0 radical (unpaired) electrons. The van der Waals surface area contributed by atoms with Crippen LogP contribution >= 0.6 is 11.6 Å². The number of rotatable bonds is 2. The fraction of sp³-hybridized carbons (Fsp3) is 0.533. The average Bonchev–Trinajstić information content (AvgIpc) is 2.35. The van der Waals surface area contributed by atoms with Crippen LogP contribution in [0.1, 0.15) is 43.5 Å². The summed E-state index contributed by atoms with van der Waals surface area (Å²) in [6, 6.07) is 5.23. The third-order valence-corrected chi connectivity index (χ3v) is 4.24. The summed E-state index contributed by atoms with van der Waals surface area (Å²) in [7, 11) is 0.